The zero-order chi connectivity index (χ0) is 10.3. The second-order valence-electron chi connectivity index (χ2n) is 4.27. The first kappa shape index (κ1) is 8.72. The van der Waals surface area contributed by atoms with Crippen LogP contribution in [0, 0.1) is 5.92 Å². The van der Waals surface area contributed by atoms with Gasteiger partial charge in [-0.15, -0.1) is 0 Å². The summed E-state index contributed by atoms with van der Waals surface area (Å²) < 4.78 is 0. The van der Waals surface area contributed by atoms with Crippen LogP contribution in [0.5, 0.6) is 0 Å². The van der Waals surface area contributed by atoms with Gasteiger partial charge in [-0.05, 0) is 35.1 Å². The molecule has 0 aliphatic heterocycles. The summed E-state index contributed by atoms with van der Waals surface area (Å²) in [5, 5.41) is 0. The van der Waals surface area contributed by atoms with Gasteiger partial charge in [0.2, 0.25) is 0 Å². The second-order valence-corrected chi connectivity index (χ2v) is 4.27. The van der Waals surface area contributed by atoms with Crippen molar-refractivity contribution in [3.8, 4) is 0 Å². The molecule has 0 nitrogen and oxygen atoms in total. The van der Waals surface area contributed by atoms with E-state index in [1.54, 1.807) is 0 Å². The predicted octanol–water partition coefficient (Wildman–Crippen LogP) is 3.87. The van der Waals surface area contributed by atoms with Gasteiger partial charge in [-0.3, -0.25) is 0 Å². The minimum Gasteiger partial charge on any atom is -0.0949 e. The zero-order valence-corrected chi connectivity index (χ0v) is 8.74. The molecule has 3 aliphatic rings. The maximum atomic E-state index is 4.12. The molecule has 74 valence electrons. The molecule has 0 saturated heterocycles. The minimum absolute atomic E-state index is 0.431. The third kappa shape index (κ3) is 1.29. The molecule has 3 rings (SSSR count). The third-order valence-electron chi connectivity index (χ3n) is 3.34. The Labute approximate surface area is 90.7 Å². The van der Waals surface area contributed by atoms with Crippen molar-refractivity contribution in [2.75, 3.05) is 0 Å². The first-order chi connectivity index (χ1) is 7.36. The molecule has 1 atom stereocenters. The molecule has 0 spiro atoms. The minimum atomic E-state index is 0.431. The first-order valence-corrected chi connectivity index (χ1v) is 5.51. The van der Waals surface area contributed by atoms with Crippen molar-refractivity contribution in [2.24, 2.45) is 5.92 Å². The van der Waals surface area contributed by atoms with Crippen LogP contribution in [0.15, 0.2) is 71.4 Å². The fourth-order valence-corrected chi connectivity index (χ4v) is 2.55. The summed E-state index contributed by atoms with van der Waals surface area (Å²) in [5.41, 5.74) is 5.59. The number of hydrogen-bond donors (Lipinski definition) is 0. The summed E-state index contributed by atoms with van der Waals surface area (Å²) in [6.45, 7) is 4.12. The van der Waals surface area contributed by atoms with Crippen molar-refractivity contribution in [3.63, 3.8) is 0 Å². The van der Waals surface area contributed by atoms with Crippen LogP contribution < -0.4 is 0 Å². The highest BCUT2D eigenvalue weighted by molar-refractivity contribution is 5.58. The lowest BCUT2D eigenvalue weighted by atomic mass is 9.75. The highest BCUT2D eigenvalue weighted by Crippen LogP contribution is 2.40. The van der Waals surface area contributed by atoms with Gasteiger partial charge in [0.1, 0.15) is 0 Å². The van der Waals surface area contributed by atoms with Gasteiger partial charge in [-0.1, -0.05) is 49.1 Å². The van der Waals surface area contributed by atoms with Crippen LogP contribution in [-0.4, -0.2) is 0 Å². The molecule has 15 heavy (non-hydrogen) atoms. The third-order valence-corrected chi connectivity index (χ3v) is 3.34. The fraction of sp³-hybridized carbons (Fsp3) is 0.200. The van der Waals surface area contributed by atoms with Crippen molar-refractivity contribution in [1.29, 1.82) is 0 Å². The van der Waals surface area contributed by atoms with Crippen molar-refractivity contribution in [2.45, 2.75) is 12.8 Å². The molecule has 0 aromatic carbocycles. The summed E-state index contributed by atoms with van der Waals surface area (Å²) >= 11 is 0. The van der Waals surface area contributed by atoms with E-state index >= 15 is 0 Å². The molecule has 0 fully saturated rings. The molecule has 0 heterocycles. The van der Waals surface area contributed by atoms with Gasteiger partial charge in [-0.25, -0.2) is 0 Å². The van der Waals surface area contributed by atoms with E-state index in [1.165, 1.54) is 35.1 Å². The van der Waals surface area contributed by atoms with Gasteiger partial charge in [0, 0.05) is 5.92 Å². The van der Waals surface area contributed by atoms with Crippen molar-refractivity contribution in [3.05, 3.63) is 71.4 Å². The smallest absolute Gasteiger partial charge is 0.0269 e. The van der Waals surface area contributed by atoms with Gasteiger partial charge in [0.25, 0.3) is 0 Å². The largest absolute Gasteiger partial charge is 0.0949 e. The molecule has 0 aromatic rings. The Hall–Kier alpha value is -1.56. The number of hydrogen-bond acceptors (Lipinski definition) is 0. The maximum absolute atomic E-state index is 4.12. The van der Waals surface area contributed by atoms with Crippen LogP contribution in [0.4, 0.5) is 0 Å². The monoisotopic (exact) mass is 194 g/mol. The second kappa shape index (κ2) is 3.23. The molecule has 0 aromatic heterocycles. The van der Waals surface area contributed by atoms with E-state index in [-0.39, 0.29) is 0 Å². The fourth-order valence-electron chi connectivity index (χ4n) is 2.55. The number of rotatable bonds is 0. The van der Waals surface area contributed by atoms with E-state index in [0.717, 1.165) is 0 Å². The Morgan fingerprint density at radius 3 is 3.07 bits per heavy atom. The standard InChI is InChI=1S/C15H14/c1-11-5-4-8-15-13(11)10-9-12-6-2-3-7-14(12)15/h2,4-6,8-10,13H,1,3,7H2/t13-/m1/s1. The van der Waals surface area contributed by atoms with E-state index in [4.69, 9.17) is 0 Å². The molecule has 0 N–H and O–H groups in total. The highest BCUT2D eigenvalue weighted by atomic mass is 14.3. The Balaban J connectivity index is 2.13. The van der Waals surface area contributed by atoms with Crippen LogP contribution in [0.3, 0.4) is 0 Å². The summed E-state index contributed by atoms with van der Waals surface area (Å²) in [5.74, 6) is 0.431. The van der Waals surface area contributed by atoms with Crippen LogP contribution in [-0.2, 0) is 0 Å². The molecule has 0 radical (unpaired) electrons. The zero-order valence-electron chi connectivity index (χ0n) is 8.74. The van der Waals surface area contributed by atoms with Crippen molar-refractivity contribution >= 4 is 0 Å². The van der Waals surface area contributed by atoms with E-state index in [2.05, 4.69) is 49.1 Å². The number of allylic oxidation sites excluding steroid dienone is 11. The van der Waals surface area contributed by atoms with Gasteiger partial charge in [0.15, 0.2) is 0 Å². The first-order valence-electron chi connectivity index (χ1n) is 5.51. The van der Waals surface area contributed by atoms with Gasteiger partial charge >= 0.3 is 0 Å². The molecule has 0 unspecified atom stereocenters. The lowest BCUT2D eigenvalue weighted by molar-refractivity contribution is 0.843. The lowest BCUT2D eigenvalue weighted by Crippen LogP contribution is -2.13. The summed E-state index contributed by atoms with van der Waals surface area (Å²) in [4.78, 5) is 0. The quantitative estimate of drug-likeness (QED) is 0.549. The Kier molecular flexibility index (Phi) is 1.88. The van der Waals surface area contributed by atoms with Crippen molar-refractivity contribution in [1.82, 2.24) is 0 Å². The average Bonchev–Trinajstić information content (AvgIpc) is 2.29. The highest BCUT2D eigenvalue weighted by Gasteiger charge is 2.24. The van der Waals surface area contributed by atoms with Crippen LogP contribution in [0.1, 0.15) is 12.8 Å². The Bertz CT molecular complexity index is 464. The molecule has 0 saturated carbocycles. The topological polar surface area (TPSA) is 0 Å². The van der Waals surface area contributed by atoms with Gasteiger partial charge in [-0.2, -0.15) is 0 Å². The SMILES string of the molecule is C=C1C=CC=C2C3=C(C=CCC3)C=C[C@H]12. The molecular formula is C15H14. The molecule has 0 amide bonds. The predicted molar refractivity (Wildman–Crippen MR) is 64.4 cm³/mol. The van der Waals surface area contributed by atoms with E-state index in [1.807, 2.05) is 0 Å². The normalized spacial score (nSPS) is 27.6. The van der Waals surface area contributed by atoms with Crippen LogP contribution in [0.2, 0.25) is 0 Å². The number of fused-ring (bicyclic) bond motifs is 2. The van der Waals surface area contributed by atoms with Crippen LogP contribution >= 0.6 is 0 Å². The average molecular weight is 194 g/mol. The molecule has 3 aliphatic carbocycles. The molecule has 0 bridgehead atoms. The summed E-state index contributed by atoms with van der Waals surface area (Å²) in [6.07, 6.45) is 17.9. The van der Waals surface area contributed by atoms with E-state index < -0.39 is 0 Å². The summed E-state index contributed by atoms with van der Waals surface area (Å²) in [7, 11) is 0. The molecular weight excluding hydrogens is 180 g/mol. The van der Waals surface area contributed by atoms with Gasteiger partial charge in [0.05, 0.1) is 0 Å². The Morgan fingerprint density at radius 2 is 2.13 bits per heavy atom. The lowest BCUT2D eigenvalue weighted by Gasteiger charge is -2.29. The summed E-state index contributed by atoms with van der Waals surface area (Å²) in [6, 6.07) is 0. The van der Waals surface area contributed by atoms with Crippen LogP contribution in [0.25, 0.3) is 0 Å². The maximum Gasteiger partial charge on any atom is 0.0269 e. The Morgan fingerprint density at radius 1 is 1.20 bits per heavy atom. The van der Waals surface area contributed by atoms with Gasteiger partial charge < -0.3 is 0 Å². The van der Waals surface area contributed by atoms with E-state index in [0.29, 0.717) is 5.92 Å². The van der Waals surface area contributed by atoms with E-state index in [9.17, 15) is 0 Å². The van der Waals surface area contributed by atoms with Crippen molar-refractivity contribution < 1.29 is 0 Å². The molecule has 0 heteroatoms.